The first kappa shape index (κ1) is 10.3. The molecule has 0 amide bonds. The predicted molar refractivity (Wildman–Crippen MR) is 62.4 cm³/mol. The van der Waals surface area contributed by atoms with E-state index in [0.29, 0.717) is 0 Å². The van der Waals surface area contributed by atoms with Crippen molar-refractivity contribution in [1.29, 1.82) is 0 Å². The molecular formula is C15H14I+. The highest BCUT2D eigenvalue weighted by Gasteiger charge is 2.20. The summed E-state index contributed by atoms with van der Waals surface area (Å²) in [5.41, 5.74) is 4.51. The summed E-state index contributed by atoms with van der Waals surface area (Å²) in [6, 6.07) is 16.1. The van der Waals surface area contributed by atoms with Gasteiger partial charge in [0.1, 0.15) is 0 Å². The molecule has 0 saturated heterocycles. The predicted octanol–water partition coefficient (Wildman–Crippen LogP) is 0.222. The van der Waals surface area contributed by atoms with E-state index in [1.54, 1.807) is 14.7 Å². The van der Waals surface area contributed by atoms with Gasteiger partial charge in [0.25, 0.3) is 0 Å². The Morgan fingerprint density at radius 2 is 1.50 bits per heavy atom. The molecule has 80 valence electrons. The van der Waals surface area contributed by atoms with Gasteiger partial charge in [0, 0.05) is 0 Å². The van der Waals surface area contributed by atoms with Crippen molar-refractivity contribution < 1.29 is 21.2 Å². The summed E-state index contributed by atoms with van der Waals surface area (Å²) in [6.45, 7) is 2.15. The van der Waals surface area contributed by atoms with Crippen LogP contribution in [-0.4, -0.2) is 0 Å². The molecular weight excluding hydrogens is 307 g/mol. The molecule has 16 heavy (non-hydrogen) atoms. The summed E-state index contributed by atoms with van der Waals surface area (Å²) in [6.07, 6.45) is 2.58. The largest absolute Gasteiger partial charge is 0.357 e. The molecule has 0 fully saturated rings. The lowest BCUT2D eigenvalue weighted by Crippen LogP contribution is -3.61. The monoisotopic (exact) mass is 321 g/mol. The van der Waals surface area contributed by atoms with Crippen LogP contribution in [0.1, 0.15) is 16.7 Å². The van der Waals surface area contributed by atoms with Gasteiger partial charge in [0.15, 0.2) is 7.14 Å². The SMILES string of the molecule is Cc1ccc([I+]c2ccc3c(c2)CC3)cc1. The number of benzene rings is 2. The van der Waals surface area contributed by atoms with E-state index < -0.39 is 0 Å². The van der Waals surface area contributed by atoms with Crippen molar-refractivity contribution in [2.75, 3.05) is 0 Å². The van der Waals surface area contributed by atoms with Crippen LogP contribution in [-0.2, 0) is 12.8 Å². The van der Waals surface area contributed by atoms with E-state index in [9.17, 15) is 0 Å². The van der Waals surface area contributed by atoms with Crippen LogP contribution < -0.4 is 21.2 Å². The maximum absolute atomic E-state index is 2.42. The molecule has 0 radical (unpaired) electrons. The van der Waals surface area contributed by atoms with Crippen LogP contribution in [0.25, 0.3) is 0 Å². The number of halogens is 1. The molecule has 0 heterocycles. The molecule has 0 N–H and O–H groups in total. The lowest BCUT2D eigenvalue weighted by molar-refractivity contribution is -0.597. The molecule has 1 aliphatic carbocycles. The van der Waals surface area contributed by atoms with E-state index in [-0.39, 0.29) is 21.2 Å². The quantitative estimate of drug-likeness (QED) is 0.695. The van der Waals surface area contributed by atoms with Gasteiger partial charge in [-0.25, -0.2) is 0 Å². The van der Waals surface area contributed by atoms with Gasteiger partial charge in [-0.15, -0.1) is 0 Å². The van der Waals surface area contributed by atoms with Gasteiger partial charge in [-0.1, -0.05) is 23.8 Å². The number of hydrogen-bond donors (Lipinski definition) is 0. The normalized spacial score (nSPS) is 13.1. The molecule has 0 aliphatic heterocycles. The van der Waals surface area contributed by atoms with E-state index in [0.717, 1.165) is 0 Å². The average Bonchev–Trinajstić information content (AvgIpc) is 2.26. The standard InChI is InChI=1S/C15H14I/c1-11-2-7-14(8-3-11)16-15-9-6-12-4-5-13(12)10-15/h2-3,6-10H,4-5H2,1H3/q+1. The molecule has 3 rings (SSSR count). The molecule has 0 bridgehead atoms. The van der Waals surface area contributed by atoms with Crippen LogP contribution in [0.3, 0.4) is 0 Å². The summed E-state index contributed by atoms with van der Waals surface area (Å²) in [5, 5.41) is 0. The minimum atomic E-state index is 0.0203. The van der Waals surface area contributed by atoms with Gasteiger partial charge in [0.05, 0.1) is 0 Å². The first-order valence-corrected chi connectivity index (χ1v) is 7.80. The molecule has 0 atom stereocenters. The fourth-order valence-corrected chi connectivity index (χ4v) is 4.27. The van der Waals surface area contributed by atoms with Crippen molar-refractivity contribution in [3.05, 3.63) is 66.3 Å². The molecule has 0 unspecified atom stereocenters. The average molecular weight is 321 g/mol. The van der Waals surface area contributed by atoms with Crippen LogP contribution >= 0.6 is 0 Å². The molecule has 0 spiro atoms. The molecule has 0 saturated carbocycles. The smallest absolute Gasteiger partial charge is 0.0548 e. The third kappa shape index (κ3) is 2.01. The van der Waals surface area contributed by atoms with E-state index in [2.05, 4.69) is 49.4 Å². The Hall–Kier alpha value is -0.830. The minimum absolute atomic E-state index is 0.0203. The summed E-state index contributed by atoms with van der Waals surface area (Å²) < 4.78 is 3.07. The summed E-state index contributed by atoms with van der Waals surface area (Å²) in [4.78, 5) is 0. The lowest BCUT2D eigenvalue weighted by Gasteiger charge is -2.16. The highest BCUT2D eigenvalue weighted by Crippen LogP contribution is 2.21. The van der Waals surface area contributed by atoms with Gasteiger partial charge >= 0.3 is 21.2 Å². The van der Waals surface area contributed by atoms with Gasteiger partial charge in [-0.2, -0.15) is 0 Å². The van der Waals surface area contributed by atoms with Crippen molar-refractivity contribution in [2.24, 2.45) is 0 Å². The van der Waals surface area contributed by atoms with E-state index in [1.807, 2.05) is 0 Å². The maximum atomic E-state index is 2.42. The Bertz CT molecular complexity index is 511. The first-order chi connectivity index (χ1) is 7.81. The summed E-state index contributed by atoms with van der Waals surface area (Å²) in [5.74, 6) is 0. The first-order valence-electron chi connectivity index (χ1n) is 5.64. The third-order valence-electron chi connectivity index (χ3n) is 3.06. The van der Waals surface area contributed by atoms with Gasteiger partial charge in [-0.05, 0) is 55.2 Å². The van der Waals surface area contributed by atoms with Crippen molar-refractivity contribution in [3.63, 3.8) is 0 Å². The molecule has 2 aromatic carbocycles. The zero-order valence-electron chi connectivity index (χ0n) is 9.33. The van der Waals surface area contributed by atoms with Crippen LogP contribution in [0, 0.1) is 14.1 Å². The number of fused-ring (bicyclic) bond motifs is 1. The van der Waals surface area contributed by atoms with Crippen LogP contribution in [0.15, 0.2) is 42.5 Å². The minimum Gasteiger partial charge on any atom is -0.0548 e. The zero-order chi connectivity index (χ0) is 11.0. The van der Waals surface area contributed by atoms with Gasteiger partial charge in [0.2, 0.25) is 0 Å². The summed E-state index contributed by atoms with van der Waals surface area (Å²) >= 11 is 0.0203. The number of aryl methyl sites for hydroxylation is 3. The lowest BCUT2D eigenvalue weighted by atomic mass is 9.89. The topological polar surface area (TPSA) is 0 Å². The van der Waals surface area contributed by atoms with Gasteiger partial charge < -0.3 is 0 Å². The molecule has 0 aromatic heterocycles. The van der Waals surface area contributed by atoms with Gasteiger partial charge in [-0.3, -0.25) is 0 Å². The fraction of sp³-hybridized carbons (Fsp3) is 0.200. The Balaban J connectivity index is 1.83. The maximum Gasteiger partial charge on any atom is 0.357 e. The van der Waals surface area contributed by atoms with Crippen molar-refractivity contribution >= 4 is 0 Å². The van der Waals surface area contributed by atoms with E-state index >= 15 is 0 Å². The number of rotatable bonds is 2. The van der Waals surface area contributed by atoms with E-state index in [4.69, 9.17) is 0 Å². The second-order valence-electron chi connectivity index (χ2n) is 4.30. The third-order valence-corrected chi connectivity index (χ3v) is 5.70. The van der Waals surface area contributed by atoms with Crippen molar-refractivity contribution in [2.45, 2.75) is 19.8 Å². The second kappa shape index (κ2) is 4.21. The van der Waals surface area contributed by atoms with Crippen molar-refractivity contribution in [1.82, 2.24) is 0 Å². The zero-order valence-corrected chi connectivity index (χ0v) is 11.5. The Morgan fingerprint density at radius 1 is 0.812 bits per heavy atom. The molecule has 0 nitrogen and oxygen atoms in total. The molecule has 2 aromatic rings. The van der Waals surface area contributed by atoms with Crippen LogP contribution in [0.5, 0.6) is 0 Å². The molecule has 1 aliphatic rings. The Labute approximate surface area is 107 Å². The fourth-order valence-electron chi connectivity index (χ4n) is 1.94. The van der Waals surface area contributed by atoms with Crippen molar-refractivity contribution in [3.8, 4) is 0 Å². The Kier molecular flexibility index (Phi) is 2.72. The second-order valence-corrected chi connectivity index (χ2v) is 7.33. The highest BCUT2D eigenvalue weighted by molar-refractivity contribution is 5.34. The number of hydrogen-bond acceptors (Lipinski definition) is 0. The van der Waals surface area contributed by atoms with Crippen LogP contribution in [0.4, 0.5) is 0 Å². The highest BCUT2D eigenvalue weighted by atomic mass is 127. The van der Waals surface area contributed by atoms with Crippen LogP contribution in [0.2, 0.25) is 0 Å². The van der Waals surface area contributed by atoms with E-state index in [1.165, 1.54) is 22.0 Å². The summed E-state index contributed by atoms with van der Waals surface area (Å²) in [7, 11) is 0. The Morgan fingerprint density at radius 3 is 2.12 bits per heavy atom. The molecule has 1 heteroatoms.